The fraction of sp³-hybridized carbons (Fsp3) is 0.444. The van der Waals surface area contributed by atoms with E-state index in [-0.39, 0.29) is 12.5 Å². The highest BCUT2D eigenvalue weighted by atomic mass is 16.5. The summed E-state index contributed by atoms with van der Waals surface area (Å²) in [6.45, 7) is 4.65. The molecule has 3 rings (SSSR count). The predicted octanol–water partition coefficient (Wildman–Crippen LogP) is 3.27. The Morgan fingerprint density at radius 2 is 1.92 bits per heavy atom. The lowest BCUT2D eigenvalue weighted by Gasteiger charge is -2.15. The number of benzene rings is 1. The van der Waals surface area contributed by atoms with Crippen LogP contribution in [0.4, 0.5) is 5.82 Å². The van der Waals surface area contributed by atoms with Crippen LogP contribution in [0.25, 0.3) is 0 Å². The van der Waals surface area contributed by atoms with E-state index < -0.39 is 0 Å². The van der Waals surface area contributed by atoms with E-state index in [0.29, 0.717) is 24.3 Å². The molecule has 24 heavy (non-hydrogen) atoms. The molecule has 1 N–H and O–H groups in total. The van der Waals surface area contributed by atoms with Gasteiger partial charge in [-0.3, -0.25) is 4.79 Å². The Labute approximate surface area is 141 Å². The molecule has 1 aromatic heterocycles. The smallest absolute Gasteiger partial charge is 0.263 e. The van der Waals surface area contributed by atoms with E-state index in [1.165, 1.54) is 12.8 Å². The van der Waals surface area contributed by atoms with Gasteiger partial charge in [0.1, 0.15) is 17.3 Å². The Balaban J connectivity index is 1.51. The second kappa shape index (κ2) is 7.38. The number of carbonyl (C=O) groups is 1. The third-order valence-corrected chi connectivity index (χ3v) is 4.13. The van der Waals surface area contributed by atoms with Gasteiger partial charge in [-0.25, -0.2) is 4.68 Å². The molecule has 0 aliphatic heterocycles. The van der Waals surface area contributed by atoms with E-state index in [9.17, 15) is 4.79 Å². The van der Waals surface area contributed by atoms with Gasteiger partial charge in [0.15, 0.2) is 6.61 Å². The molecule has 1 aliphatic rings. The zero-order valence-corrected chi connectivity index (χ0v) is 14.1. The number of ether oxygens (including phenoxy) is 2. The fourth-order valence-corrected chi connectivity index (χ4v) is 2.64. The number of rotatable bonds is 8. The molecule has 1 aromatic carbocycles. The summed E-state index contributed by atoms with van der Waals surface area (Å²) in [6.07, 6.45) is 4.17. The predicted molar refractivity (Wildman–Crippen MR) is 91.4 cm³/mol. The molecule has 1 amide bonds. The van der Waals surface area contributed by atoms with Crippen LogP contribution in [-0.2, 0) is 4.79 Å². The van der Waals surface area contributed by atoms with E-state index in [2.05, 4.69) is 17.3 Å². The second-order valence-electron chi connectivity index (χ2n) is 5.98. The number of nitrogens with zero attached hydrogens (tertiary/aromatic N) is 2. The van der Waals surface area contributed by atoms with E-state index in [1.807, 2.05) is 29.8 Å². The summed E-state index contributed by atoms with van der Waals surface area (Å²) in [4.78, 5) is 12.1. The molecule has 0 saturated heterocycles. The molecule has 1 saturated carbocycles. The van der Waals surface area contributed by atoms with Gasteiger partial charge >= 0.3 is 0 Å². The highest BCUT2D eigenvalue weighted by molar-refractivity contribution is 5.91. The standard InChI is InChI=1S/C18H23N3O3/c1-3-23-15-6-8-16(9-7-15)24-12-18(22)20-17-10-11-19-21(17)13(2)14-4-5-14/h6-11,13-14H,3-5,12H2,1-2H3,(H,20,22). The van der Waals surface area contributed by atoms with Crippen molar-refractivity contribution in [1.82, 2.24) is 9.78 Å². The molecular weight excluding hydrogens is 306 g/mol. The zero-order chi connectivity index (χ0) is 16.9. The Kier molecular flexibility index (Phi) is 5.03. The Bertz CT molecular complexity index is 677. The van der Waals surface area contributed by atoms with Gasteiger partial charge in [0, 0.05) is 6.07 Å². The lowest BCUT2D eigenvalue weighted by Crippen LogP contribution is -2.23. The summed E-state index contributed by atoms with van der Waals surface area (Å²) in [7, 11) is 0. The summed E-state index contributed by atoms with van der Waals surface area (Å²) in [6, 6.07) is 9.34. The van der Waals surface area contributed by atoms with Crippen LogP contribution in [0, 0.1) is 5.92 Å². The molecule has 2 aromatic rings. The first-order valence-electron chi connectivity index (χ1n) is 8.36. The monoisotopic (exact) mass is 329 g/mol. The van der Waals surface area contributed by atoms with Gasteiger partial charge in [0.25, 0.3) is 5.91 Å². The molecule has 1 aliphatic carbocycles. The van der Waals surface area contributed by atoms with Gasteiger partial charge in [-0.15, -0.1) is 0 Å². The average Bonchev–Trinajstić information content (AvgIpc) is 3.34. The first kappa shape index (κ1) is 16.4. The summed E-state index contributed by atoms with van der Waals surface area (Å²) >= 11 is 0. The number of hydrogen-bond acceptors (Lipinski definition) is 4. The van der Waals surface area contributed by atoms with Crippen molar-refractivity contribution in [3.63, 3.8) is 0 Å². The van der Waals surface area contributed by atoms with Crippen LogP contribution in [0.15, 0.2) is 36.5 Å². The topological polar surface area (TPSA) is 65.4 Å². The fourth-order valence-electron chi connectivity index (χ4n) is 2.64. The van der Waals surface area contributed by atoms with E-state index in [1.54, 1.807) is 18.3 Å². The van der Waals surface area contributed by atoms with Crippen molar-refractivity contribution in [2.75, 3.05) is 18.5 Å². The van der Waals surface area contributed by atoms with Crippen molar-refractivity contribution in [3.05, 3.63) is 36.5 Å². The van der Waals surface area contributed by atoms with Crippen molar-refractivity contribution >= 4 is 11.7 Å². The average molecular weight is 329 g/mol. The van der Waals surface area contributed by atoms with Gasteiger partial charge in [0.2, 0.25) is 0 Å². The molecule has 6 nitrogen and oxygen atoms in total. The van der Waals surface area contributed by atoms with Gasteiger partial charge in [-0.05, 0) is 56.9 Å². The molecule has 1 unspecified atom stereocenters. The molecule has 1 atom stereocenters. The number of nitrogens with one attached hydrogen (secondary N) is 1. The minimum Gasteiger partial charge on any atom is -0.494 e. The minimum absolute atomic E-state index is 0.0447. The van der Waals surface area contributed by atoms with E-state index >= 15 is 0 Å². The molecule has 0 spiro atoms. The van der Waals surface area contributed by atoms with Crippen molar-refractivity contribution < 1.29 is 14.3 Å². The molecule has 6 heteroatoms. The third kappa shape index (κ3) is 4.07. The number of amides is 1. The quantitative estimate of drug-likeness (QED) is 0.807. The van der Waals surface area contributed by atoms with Crippen LogP contribution < -0.4 is 14.8 Å². The SMILES string of the molecule is CCOc1ccc(OCC(=O)Nc2ccnn2C(C)C2CC2)cc1. The maximum absolute atomic E-state index is 12.1. The van der Waals surface area contributed by atoms with E-state index in [0.717, 1.165) is 11.6 Å². The lowest BCUT2D eigenvalue weighted by atomic mass is 10.2. The van der Waals surface area contributed by atoms with Crippen LogP contribution in [-0.4, -0.2) is 28.9 Å². The van der Waals surface area contributed by atoms with Gasteiger partial charge in [-0.1, -0.05) is 0 Å². The molecule has 1 fully saturated rings. The molecule has 0 bridgehead atoms. The maximum atomic E-state index is 12.1. The van der Waals surface area contributed by atoms with Gasteiger partial charge < -0.3 is 14.8 Å². The number of aromatic nitrogens is 2. The lowest BCUT2D eigenvalue weighted by molar-refractivity contribution is -0.118. The highest BCUT2D eigenvalue weighted by Crippen LogP contribution is 2.40. The summed E-state index contributed by atoms with van der Waals surface area (Å²) in [5.41, 5.74) is 0. The molecule has 0 radical (unpaired) electrons. The molecule has 128 valence electrons. The summed E-state index contributed by atoms with van der Waals surface area (Å²) in [5.74, 6) is 2.60. The minimum atomic E-state index is -0.200. The Morgan fingerprint density at radius 1 is 1.25 bits per heavy atom. The molecular formula is C18H23N3O3. The van der Waals surface area contributed by atoms with Crippen molar-refractivity contribution in [2.45, 2.75) is 32.7 Å². The van der Waals surface area contributed by atoms with Gasteiger partial charge in [-0.2, -0.15) is 5.10 Å². The van der Waals surface area contributed by atoms with Crippen molar-refractivity contribution in [1.29, 1.82) is 0 Å². The molecule has 1 heterocycles. The second-order valence-corrected chi connectivity index (χ2v) is 5.98. The third-order valence-electron chi connectivity index (χ3n) is 4.13. The zero-order valence-electron chi connectivity index (χ0n) is 14.1. The largest absolute Gasteiger partial charge is 0.494 e. The van der Waals surface area contributed by atoms with Crippen LogP contribution in [0.1, 0.15) is 32.7 Å². The first-order chi connectivity index (χ1) is 11.7. The van der Waals surface area contributed by atoms with Crippen LogP contribution in [0.5, 0.6) is 11.5 Å². The normalized spacial score (nSPS) is 14.9. The van der Waals surface area contributed by atoms with Crippen molar-refractivity contribution in [3.8, 4) is 11.5 Å². The van der Waals surface area contributed by atoms with Gasteiger partial charge in [0.05, 0.1) is 18.8 Å². The van der Waals surface area contributed by atoms with Crippen LogP contribution in [0.2, 0.25) is 0 Å². The highest BCUT2D eigenvalue weighted by Gasteiger charge is 2.30. The Morgan fingerprint density at radius 3 is 2.54 bits per heavy atom. The number of carbonyl (C=O) groups excluding carboxylic acids is 1. The maximum Gasteiger partial charge on any atom is 0.263 e. The van der Waals surface area contributed by atoms with Crippen LogP contribution in [0.3, 0.4) is 0 Å². The van der Waals surface area contributed by atoms with E-state index in [4.69, 9.17) is 9.47 Å². The van der Waals surface area contributed by atoms with Crippen molar-refractivity contribution in [2.24, 2.45) is 5.92 Å². The summed E-state index contributed by atoms with van der Waals surface area (Å²) < 4.78 is 12.8. The number of hydrogen-bond donors (Lipinski definition) is 1. The Hall–Kier alpha value is -2.50. The summed E-state index contributed by atoms with van der Waals surface area (Å²) in [5, 5.41) is 7.19. The first-order valence-corrected chi connectivity index (χ1v) is 8.36. The number of anilines is 1. The van der Waals surface area contributed by atoms with Crippen LogP contribution >= 0.6 is 0 Å².